The number of methoxy groups -OCH3 is 2. The molecule has 1 fully saturated rings. The van der Waals surface area contributed by atoms with Crippen molar-refractivity contribution in [2.75, 3.05) is 51.9 Å². The molecule has 1 unspecified atom stereocenters. The highest BCUT2D eigenvalue weighted by atomic mass is 16.5. The molecule has 0 saturated carbocycles. The van der Waals surface area contributed by atoms with Gasteiger partial charge in [0, 0.05) is 50.1 Å². The molecule has 4 aromatic rings. The molecule has 2 aromatic carbocycles. The van der Waals surface area contributed by atoms with Crippen molar-refractivity contribution >= 4 is 16.6 Å². The van der Waals surface area contributed by atoms with Gasteiger partial charge in [-0.05, 0) is 83.3 Å². The van der Waals surface area contributed by atoms with Crippen molar-refractivity contribution < 1.29 is 9.47 Å². The van der Waals surface area contributed by atoms with Gasteiger partial charge in [-0.1, -0.05) is 0 Å². The van der Waals surface area contributed by atoms with E-state index in [-0.39, 0.29) is 11.6 Å². The summed E-state index contributed by atoms with van der Waals surface area (Å²) in [5, 5.41) is 13.6. The number of aromatic nitrogens is 5. The summed E-state index contributed by atoms with van der Waals surface area (Å²) in [7, 11) is 3.32. The van der Waals surface area contributed by atoms with Crippen molar-refractivity contribution in [2.45, 2.75) is 26.4 Å². The van der Waals surface area contributed by atoms with E-state index in [1.165, 1.54) is 5.56 Å². The number of anilines is 1. The maximum absolute atomic E-state index is 13.5. The molecule has 1 aliphatic heterocycles. The Morgan fingerprint density at radius 3 is 2.43 bits per heavy atom. The Bertz CT molecular complexity index is 1420. The summed E-state index contributed by atoms with van der Waals surface area (Å²) < 4.78 is 12.3. The van der Waals surface area contributed by atoms with Crippen molar-refractivity contribution in [3.8, 4) is 5.75 Å². The minimum Gasteiger partial charge on any atom is -0.497 e. The molecule has 1 saturated heterocycles. The number of pyridine rings is 1. The number of rotatable bonds is 8. The first-order valence-electron chi connectivity index (χ1n) is 12.5. The molecule has 0 aliphatic carbocycles. The number of nitrogens with zero attached hydrogens (tertiary/aromatic N) is 6. The molecule has 1 atom stereocenters. The van der Waals surface area contributed by atoms with Crippen LogP contribution >= 0.6 is 0 Å². The van der Waals surface area contributed by atoms with Crippen LogP contribution in [0.25, 0.3) is 10.9 Å². The van der Waals surface area contributed by atoms with Crippen LogP contribution in [0.2, 0.25) is 0 Å². The number of tetrazole rings is 1. The van der Waals surface area contributed by atoms with Crippen LogP contribution in [0.1, 0.15) is 28.6 Å². The fourth-order valence-corrected chi connectivity index (χ4v) is 4.97. The van der Waals surface area contributed by atoms with Crippen molar-refractivity contribution in [2.24, 2.45) is 0 Å². The first-order valence-corrected chi connectivity index (χ1v) is 12.5. The van der Waals surface area contributed by atoms with Gasteiger partial charge in [0.25, 0.3) is 5.56 Å². The fraction of sp³-hybridized carbons (Fsp3) is 0.407. The Labute approximate surface area is 215 Å². The lowest BCUT2D eigenvalue weighted by atomic mass is 10.00. The zero-order valence-corrected chi connectivity index (χ0v) is 21.8. The molecule has 10 nitrogen and oxygen atoms in total. The second-order valence-corrected chi connectivity index (χ2v) is 9.45. The molecule has 1 aliphatic rings. The van der Waals surface area contributed by atoms with Gasteiger partial charge in [-0.25, -0.2) is 4.68 Å². The van der Waals surface area contributed by atoms with Gasteiger partial charge in [0.15, 0.2) is 5.82 Å². The van der Waals surface area contributed by atoms with Crippen LogP contribution in [-0.4, -0.2) is 77.1 Å². The Kier molecular flexibility index (Phi) is 7.20. The summed E-state index contributed by atoms with van der Waals surface area (Å²) in [5.74, 6) is 1.48. The van der Waals surface area contributed by atoms with Crippen LogP contribution < -0.4 is 15.2 Å². The highest BCUT2D eigenvalue weighted by molar-refractivity contribution is 5.81. The van der Waals surface area contributed by atoms with E-state index in [2.05, 4.69) is 62.4 Å². The van der Waals surface area contributed by atoms with Crippen molar-refractivity contribution in [3.05, 3.63) is 75.3 Å². The number of piperazine rings is 1. The first kappa shape index (κ1) is 24.9. The van der Waals surface area contributed by atoms with Crippen molar-refractivity contribution in [1.29, 1.82) is 0 Å². The van der Waals surface area contributed by atoms with Crippen LogP contribution in [0.4, 0.5) is 5.69 Å². The quantitative estimate of drug-likeness (QED) is 0.392. The Hall–Kier alpha value is -3.76. The van der Waals surface area contributed by atoms with E-state index in [0.717, 1.165) is 54.1 Å². The lowest BCUT2D eigenvalue weighted by molar-refractivity contribution is 0.171. The van der Waals surface area contributed by atoms with E-state index < -0.39 is 0 Å². The van der Waals surface area contributed by atoms with Gasteiger partial charge in [0.2, 0.25) is 0 Å². The summed E-state index contributed by atoms with van der Waals surface area (Å²) in [6, 6.07) is 13.9. The highest BCUT2D eigenvalue weighted by Crippen LogP contribution is 2.30. The molecule has 0 radical (unpaired) electrons. The van der Waals surface area contributed by atoms with Gasteiger partial charge in [0.05, 0.1) is 20.3 Å². The Balaban J connectivity index is 1.50. The standard InChI is InChI=1S/C27H33N7O3/c1-18-15-20-17-23(27(35)28-24(20)16-19(18)2)25(26-29-30-31-34(26)13-14-36-3)33-11-9-32(10-12-33)21-5-7-22(37-4)8-6-21/h5-8,15-17,25H,9-14H2,1-4H3,(H,28,35). The molecule has 0 bridgehead atoms. The van der Waals surface area contributed by atoms with Crippen LogP contribution in [0.15, 0.2) is 47.3 Å². The van der Waals surface area contributed by atoms with E-state index in [4.69, 9.17) is 9.47 Å². The topological polar surface area (TPSA) is 101 Å². The van der Waals surface area contributed by atoms with Crippen LogP contribution in [0, 0.1) is 13.8 Å². The van der Waals surface area contributed by atoms with Crippen LogP contribution in [0.5, 0.6) is 5.75 Å². The van der Waals surface area contributed by atoms with Crippen LogP contribution in [-0.2, 0) is 11.3 Å². The molecular weight excluding hydrogens is 470 g/mol. The number of ether oxygens (including phenoxy) is 2. The number of hydrogen-bond acceptors (Lipinski definition) is 8. The third-order valence-electron chi connectivity index (χ3n) is 7.21. The number of H-pyrrole nitrogens is 1. The first-order chi connectivity index (χ1) is 18.0. The van der Waals surface area contributed by atoms with Gasteiger partial charge >= 0.3 is 0 Å². The number of nitrogens with one attached hydrogen (secondary N) is 1. The van der Waals surface area contributed by atoms with E-state index >= 15 is 0 Å². The largest absolute Gasteiger partial charge is 0.497 e. The molecule has 194 valence electrons. The number of hydrogen-bond donors (Lipinski definition) is 1. The Morgan fingerprint density at radius 2 is 1.73 bits per heavy atom. The lowest BCUT2D eigenvalue weighted by Crippen LogP contribution is -2.49. The van der Waals surface area contributed by atoms with Gasteiger partial charge in [-0.15, -0.1) is 5.10 Å². The van der Waals surface area contributed by atoms with Gasteiger partial charge in [0.1, 0.15) is 11.8 Å². The van der Waals surface area contributed by atoms with Crippen molar-refractivity contribution in [3.63, 3.8) is 0 Å². The second kappa shape index (κ2) is 10.7. The van der Waals surface area contributed by atoms with E-state index in [9.17, 15) is 4.79 Å². The smallest absolute Gasteiger partial charge is 0.253 e. The predicted molar refractivity (Wildman–Crippen MR) is 142 cm³/mol. The molecule has 0 spiro atoms. The van der Waals surface area contributed by atoms with E-state index in [1.807, 2.05) is 24.3 Å². The Morgan fingerprint density at radius 1 is 1.00 bits per heavy atom. The summed E-state index contributed by atoms with van der Waals surface area (Å²) in [4.78, 5) is 21.2. The number of aromatic amines is 1. The van der Waals surface area contributed by atoms with Crippen molar-refractivity contribution in [1.82, 2.24) is 30.1 Å². The van der Waals surface area contributed by atoms with E-state index in [0.29, 0.717) is 24.5 Å². The molecule has 5 rings (SSSR count). The normalized spacial score (nSPS) is 15.3. The predicted octanol–water partition coefficient (Wildman–Crippen LogP) is 2.70. The summed E-state index contributed by atoms with van der Waals surface area (Å²) in [5.41, 5.74) is 4.82. The molecule has 2 aromatic heterocycles. The number of aryl methyl sites for hydroxylation is 2. The lowest BCUT2D eigenvalue weighted by Gasteiger charge is -2.39. The minimum absolute atomic E-state index is 0.125. The average molecular weight is 504 g/mol. The maximum atomic E-state index is 13.5. The summed E-state index contributed by atoms with van der Waals surface area (Å²) in [6.07, 6.45) is 0. The highest BCUT2D eigenvalue weighted by Gasteiger charge is 2.32. The van der Waals surface area contributed by atoms with Crippen LogP contribution in [0.3, 0.4) is 0 Å². The van der Waals surface area contributed by atoms with Gasteiger partial charge in [-0.3, -0.25) is 9.69 Å². The van der Waals surface area contributed by atoms with Gasteiger partial charge < -0.3 is 19.4 Å². The average Bonchev–Trinajstić information content (AvgIpc) is 3.37. The maximum Gasteiger partial charge on any atom is 0.253 e. The zero-order valence-electron chi connectivity index (χ0n) is 21.8. The number of fused-ring (bicyclic) bond motifs is 1. The molecular formula is C27H33N7O3. The summed E-state index contributed by atoms with van der Waals surface area (Å²) >= 11 is 0. The minimum atomic E-state index is -0.389. The molecule has 1 N–H and O–H groups in total. The molecule has 10 heteroatoms. The SMILES string of the molecule is COCCn1nnnc1C(c1cc2cc(C)c(C)cc2[nH]c1=O)N1CCN(c2ccc(OC)cc2)CC1. The van der Waals surface area contributed by atoms with Gasteiger partial charge in [-0.2, -0.15) is 0 Å². The fourth-order valence-electron chi connectivity index (χ4n) is 4.97. The van der Waals surface area contributed by atoms with E-state index in [1.54, 1.807) is 18.9 Å². The summed E-state index contributed by atoms with van der Waals surface area (Å²) in [6.45, 7) is 8.24. The molecule has 37 heavy (non-hydrogen) atoms. The zero-order chi connectivity index (χ0) is 25.9. The second-order valence-electron chi connectivity index (χ2n) is 9.45. The third kappa shape index (κ3) is 5.07. The molecule has 3 heterocycles. The monoisotopic (exact) mass is 503 g/mol. The number of benzene rings is 2. The molecule has 0 amide bonds. The third-order valence-corrected chi connectivity index (χ3v) is 7.21.